The molecule has 1 atom stereocenters. The van der Waals surface area contributed by atoms with Gasteiger partial charge in [0.1, 0.15) is 5.78 Å². The van der Waals surface area contributed by atoms with E-state index in [0.29, 0.717) is 5.78 Å². The number of rotatable bonds is 2. The zero-order chi connectivity index (χ0) is 8.27. The third kappa shape index (κ3) is 2.04. The maximum absolute atomic E-state index is 10.9. The summed E-state index contributed by atoms with van der Waals surface area (Å²) in [6, 6.07) is 0. The molecular formula is C10H14O. The van der Waals surface area contributed by atoms with Gasteiger partial charge in [-0.15, -0.1) is 0 Å². The van der Waals surface area contributed by atoms with Gasteiger partial charge in [-0.2, -0.15) is 0 Å². The van der Waals surface area contributed by atoms with Crippen molar-refractivity contribution in [3.8, 4) is 0 Å². The zero-order valence-electron chi connectivity index (χ0n) is 6.97. The molecule has 0 fully saturated rings. The number of hydrogen-bond acceptors (Lipinski definition) is 1. The van der Waals surface area contributed by atoms with Crippen molar-refractivity contribution in [2.45, 2.75) is 26.2 Å². The van der Waals surface area contributed by atoms with Gasteiger partial charge in [-0.1, -0.05) is 24.3 Å². The Labute approximate surface area is 67.8 Å². The van der Waals surface area contributed by atoms with Crippen LogP contribution in [0.25, 0.3) is 0 Å². The van der Waals surface area contributed by atoms with Crippen LogP contribution in [0.5, 0.6) is 0 Å². The summed E-state index contributed by atoms with van der Waals surface area (Å²) in [5, 5.41) is 0. The predicted octanol–water partition coefficient (Wildman–Crippen LogP) is 2.49. The molecule has 0 N–H and O–H groups in total. The fourth-order valence-corrected chi connectivity index (χ4v) is 1.41. The summed E-state index contributed by atoms with van der Waals surface area (Å²) in [5.74, 6) is 0.600. The molecule has 0 heterocycles. The van der Waals surface area contributed by atoms with Gasteiger partial charge in [0.15, 0.2) is 0 Å². The lowest BCUT2D eigenvalue weighted by Crippen LogP contribution is -2.13. The van der Waals surface area contributed by atoms with Crippen molar-refractivity contribution in [3.63, 3.8) is 0 Å². The first-order valence-corrected chi connectivity index (χ1v) is 4.06. The zero-order valence-corrected chi connectivity index (χ0v) is 6.97. The van der Waals surface area contributed by atoms with Crippen LogP contribution < -0.4 is 0 Å². The minimum atomic E-state index is 0.277. The third-order valence-electron chi connectivity index (χ3n) is 2.28. The fourth-order valence-electron chi connectivity index (χ4n) is 1.41. The van der Waals surface area contributed by atoms with E-state index >= 15 is 0 Å². The Morgan fingerprint density at radius 2 is 2.55 bits per heavy atom. The summed E-state index contributed by atoms with van der Waals surface area (Å²) in [6.07, 6.45) is 6.95. The van der Waals surface area contributed by atoms with Crippen LogP contribution in [0, 0.1) is 5.92 Å². The molecule has 1 heteroatoms. The monoisotopic (exact) mass is 150 g/mol. The summed E-state index contributed by atoms with van der Waals surface area (Å²) < 4.78 is 0. The minimum Gasteiger partial charge on any atom is -0.300 e. The Morgan fingerprint density at radius 1 is 1.82 bits per heavy atom. The van der Waals surface area contributed by atoms with Gasteiger partial charge in [-0.3, -0.25) is 4.79 Å². The first kappa shape index (κ1) is 8.25. The van der Waals surface area contributed by atoms with Crippen LogP contribution >= 0.6 is 0 Å². The largest absolute Gasteiger partial charge is 0.300 e. The van der Waals surface area contributed by atoms with Crippen molar-refractivity contribution in [1.29, 1.82) is 0 Å². The normalized spacial score (nSPS) is 24.1. The van der Waals surface area contributed by atoms with E-state index < -0.39 is 0 Å². The SMILES string of the molecule is C=CC1=CCC(C(C)=O)CC1. The van der Waals surface area contributed by atoms with E-state index in [9.17, 15) is 4.79 Å². The molecule has 0 spiro atoms. The van der Waals surface area contributed by atoms with Crippen LogP contribution in [-0.4, -0.2) is 5.78 Å². The maximum Gasteiger partial charge on any atom is 0.133 e. The summed E-state index contributed by atoms with van der Waals surface area (Å²) in [4.78, 5) is 10.9. The molecule has 1 nitrogen and oxygen atoms in total. The van der Waals surface area contributed by atoms with Crippen molar-refractivity contribution >= 4 is 5.78 Å². The van der Waals surface area contributed by atoms with E-state index in [2.05, 4.69) is 12.7 Å². The lowest BCUT2D eigenvalue weighted by Gasteiger charge is -2.17. The van der Waals surface area contributed by atoms with E-state index in [1.54, 1.807) is 6.92 Å². The Bertz CT molecular complexity index is 201. The molecule has 60 valence electrons. The molecule has 11 heavy (non-hydrogen) atoms. The molecule has 0 aliphatic heterocycles. The minimum absolute atomic E-state index is 0.277. The quantitative estimate of drug-likeness (QED) is 0.591. The lowest BCUT2D eigenvalue weighted by atomic mass is 9.87. The molecule has 0 bridgehead atoms. The highest BCUT2D eigenvalue weighted by molar-refractivity contribution is 5.78. The van der Waals surface area contributed by atoms with Gasteiger partial charge < -0.3 is 0 Å². The topological polar surface area (TPSA) is 17.1 Å². The standard InChI is InChI=1S/C10H14O/c1-3-9-4-6-10(7-5-9)8(2)11/h3-4,10H,1,5-7H2,2H3. The maximum atomic E-state index is 10.9. The van der Waals surface area contributed by atoms with Crippen LogP contribution in [0.2, 0.25) is 0 Å². The predicted molar refractivity (Wildman–Crippen MR) is 46.3 cm³/mol. The summed E-state index contributed by atoms with van der Waals surface area (Å²) in [6.45, 7) is 5.38. The van der Waals surface area contributed by atoms with Gasteiger partial charge in [0.2, 0.25) is 0 Å². The van der Waals surface area contributed by atoms with Crippen LogP contribution in [0.15, 0.2) is 24.3 Å². The first-order chi connectivity index (χ1) is 5.24. The van der Waals surface area contributed by atoms with Crippen LogP contribution in [0.3, 0.4) is 0 Å². The van der Waals surface area contributed by atoms with Crippen molar-refractivity contribution in [2.75, 3.05) is 0 Å². The number of hydrogen-bond donors (Lipinski definition) is 0. The molecule has 0 saturated carbocycles. The average Bonchev–Trinajstić information content (AvgIpc) is 2.05. The Balaban J connectivity index is 2.54. The van der Waals surface area contributed by atoms with Crippen molar-refractivity contribution in [1.82, 2.24) is 0 Å². The second kappa shape index (κ2) is 3.51. The molecule has 1 aliphatic carbocycles. The van der Waals surface area contributed by atoms with Gasteiger partial charge >= 0.3 is 0 Å². The molecule has 0 radical (unpaired) electrons. The highest BCUT2D eigenvalue weighted by Crippen LogP contribution is 2.24. The fraction of sp³-hybridized carbons (Fsp3) is 0.500. The number of ketones is 1. The third-order valence-corrected chi connectivity index (χ3v) is 2.28. The number of carbonyl (C=O) groups is 1. The average molecular weight is 150 g/mol. The van der Waals surface area contributed by atoms with Gasteiger partial charge in [0, 0.05) is 5.92 Å². The highest BCUT2D eigenvalue weighted by Gasteiger charge is 2.16. The highest BCUT2D eigenvalue weighted by atomic mass is 16.1. The van der Waals surface area contributed by atoms with E-state index in [1.807, 2.05) is 6.08 Å². The summed E-state index contributed by atoms with van der Waals surface area (Å²) >= 11 is 0. The molecule has 0 aromatic heterocycles. The second-order valence-electron chi connectivity index (χ2n) is 3.07. The van der Waals surface area contributed by atoms with Crippen LogP contribution in [0.4, 0.5) is 0 Å². The van der Waals surface area contributed by atoms with Crippen molar-refractivity contribution < 1.29 is 4.79 Å². The molecule has 0 amide bonds. The summed E-state index contributed by atoms with van der Waals surface area (Å²) in [7, 11) is 0. The van der Waals surface area contributed by atoms with Crippen LogP contribution in [-0.2, 0) is 4.79 Å². The molecule has 0 saturated heterocycles. The van der Waals surface area contributed by atoms with Gasteiger partial charge in [0.25, 0.3) is 0 Å². The van der Waals surface area contributed by atoms with Gasteiger partial charge in [0.05, 0.1) is 0 Å². The van der Waals surface area contributed by atoms with Gasteiger partial charge in [-0.25, -0.2) is 0 Å². The molecule has 1 rings (SSSR count). The smallest absolute Gasteiger partial charge is 0.133 e. The van der Waals surface area contributed by atoms with E-state index in [-0.39, 0.29) is 5.92 Å². The second-order valence-corrected chi connectivity index (χ2v) is 3.07. The molecular weight excluding hydrogens is 136 g/mol. The lowest BCUT2D eigenvalue weighted by molar-refractivity contribution is -0.120. The van der Waals surface area contributed by atoms with Crippen LogP contribution in [0.1, 0.15) is 26.2 Å². The molecule has 0 aromatic carbocycles. The number of Topliss-reactive ketones (excluding diaryl/α,β-unsaturated/α-hetero) is 1. The van der Waals surface area contributed by atoms with Crippen molar-refractivity contribution in [3.05, 3.63) is 24.3 Å². The number of allylic oxidation sites excluding steroid dienone is 3. The molecule has 1 unspecified atom stereocenters. The van der Waals surface area contributed by atoms with E-state index in [4.69, 9.17) is 0 Å². The number of carbonyl (C=O) groups excluding carboxylic acids is 1. The Morgan fingerprint density at radius 3 is 2.91 bits per heavy atom. The van der Waals surface area contributed by atoms with E-state index in [1.165, 1.54) is 5.57 Å². The molecule has 0 aromatic rings. The van der Waals surface area contributed by atoms with E-state index in [0.717, 1.165) is 19.3 Å². The Hall–Kier alpha value is -0.850. The first-order valence-electron chi connectivity index (χ1n) is 4.06. The van der Waals surface area contributed by atoms with Crippen molar-refractivity contribution in [2.24, 2.45) is 5.92 Å². The Kier molecular flexibility index (Phi) is 2.64. The molecule has 1 aliphatic rings. The summed E-state index contributed by atoms with van der Waals surface area (Å²) in [5.41, 5.74) is 1.29. The van der Waals surface area contributed by atoms with Gasteiger partial charge in [-0.05, 0) is 26.2 Å².